The van der Waals surface area contributed by atoms with Gasteiger partial charge in [0.2, 0.25) is 0 Å². The van der Waals surface area contributed by atoms with Crippen molar-refractivity contribution in [2.75, 3.05) is 4.90 Å². The van der Waals surface area contributed by atoms with E-state index in [1.54, 1.807) is 0 Å². The summed E-state index contributed by atoms with van der Waals surface area (Å²) < 4.78 is 0. The first-order valence-corrected chi connectivity index (χ1v) is 21.4. The van der Waals surface area contributed by atoms with E-state index in [1.165, 1.54) is 125 Å². The van der Waals surface area contributed by atoms with E-state index in [0.717, 1.165) is 5.69 Å². The average Bonchev–Trinajstić information content (AvgIpc) is 3.96. The van der Waals surface area contributed by atoms with Crippen molar-refractivity contribution in [1.82, 2.24) is 0 Å². The fourth-order valence-electron chi connectivity index (χ4n) is 11.6. The summed E-state index contributed by atoms with van der Waals surface area (Å²) in [6.45, 7) is 4.77. The van der Waals surface area contributed by atoms with Crippen molar-refractivity contribution in [2.24, 2.45) is 0 Å². The van der Waals surface area contributed by atoms with Crippen LogP contribution < -0.4 is 4.90 Å². The van der Waals surface area contributed by atoms with Gasteiger partial charge in [0.05, 0.1) is 5.69 Å². The summed E-state index contributed by atoms with van der Waals surface area (Å²) in [7, 11) is 0. The molecule has 0 aliphatic heterocycles. The molecule has 0 radical (unpaired) electrons. The second kappa shape index (κ2) is 12.9. The SMILES string of the molecule is CC1(C)c2ccccc2-c2cccc(-c3ccccc3-c3ccc(N(c4ccc5c(c4)C4(CCCC4)c4ccccc4-5)c4cccc5c4ccc4ccccc45)cc3)c21. The van der Waals surface area contributed by atoms with Gasteiger partial charge in [-0.05, 0) is 126 Å². The maximum absolute atomic E-state index is 2.54. The molecule has 0 aromatic heterocycles. The van der Waals surface area contributed by atoms with Crippen molar-refractivity contribution in [3.63, 3.8) is 0 Å². The van der Waals surface area contributed by atoms with Gasteiger partial charge in [-0.25, -0.2) is 0 Å². The number of anilines is 3. The Morgan fingerprint density at radius 3 is 1.76 bits per heavy atom. The highest BCUT2D eigenvalue weighted by molar-refractivity contribution is 6.13. The van der Waals surface area contributed by atoms with Crippen LogP contribution in [0.5, 0.6) is 0 Å². The van der Waals surface area contributed by atoms with Crippen LogP contribution in [-0.2, 0) is 10.8 Å². The Morgan fingerprint density at radius 1 is 0.390 bits per heavy atom. The fraction of sp³-hybridized carbons (Fsp3) is 0.138. The lowest BCUT2D eigenvalue weighted by Gasteiger charge is -2.30. The number of hydrogen-bond donors (Lipinski definition) is 0. The molecule has 12 rings (SSSR count). The predicted octanol–water partition coefficient (Wildman–Crippen LogP) is 15.9. The molecule has 1 nitrogen and oxygen atoms in total. The number of rotatable bonds is 5. The summed E-state index contributed by atoms with van der Waals surface area (Å²) in [5, 5.41) is 5.08. The minimum atomic E-state index is -0.0991. The minimum absolute atomic E-state index is 0.0870. The molecule has 0 unspecified atom stereocenters. The summed E-state index contributed by atoms with van der Waals surface area (Å²) in [4.78, 5) is 2.52. The lowest BCUT2D eigenvalue weighted by Crippen LogP contribution is -2.21. The van der Waals surface area contributed by atoms with E-state index in [2.05, 4.69) is 207 Å². The van der Waals surface area contributed by atoms with Gasteiger partial charge in [-0.1, -0.05) is 184 Å². The third-order valence-electron chi connectivity index (χ3n) is 14.2. The molecule has 1 saturated carbocycles. The van der Waals surface area contributed by atoms with Gasteiger partial charge in [0.1, 0.15) is 0 Å². The molecular formula is C58H45N. The molecule has 0 heterocycles. The van der Waals surface area contributed by atoms with Gasteiger partial charge in [-0.15, -0.1) is 0 Å². The summed E-state index contributed by atoms with van der Waals surface area (Å²) in [6.07, 6.45) is 4.97. The summed E-state index contributed by atoms with van der Waals surface area (Å²) >= 11 is 0. The van der Waals surface area contributed by atoms with Crippen molar-refractivity contribution in [3.8, 4) is 44.5 Å². The molecule has 0 atom stereocenters. The van der Waals surface area contributed by atoms with Crippen LogP contribution in [0.1, 0.15) is 61.8 Å². The third-order valence-corrected chi connectivity index (χ3v) is 14.2. The van der Waals surface area contributed by atoms with Gasteiger partial charge in [-0.3, -0.25) is 0 Å². The Hall–Kier alpha value is -6.70. The quantitative estimate of drug-likeness (QED) is 0.158. The molecule has 3 aliphatic rings. The van der Waals surface area contributed by atoms with Gasteiger partial charge in [-0.2, -0.15) is 0 Å². The van der Waals surface area contributed by atoms with Crippen LogP contribution >= 0.6 is 0 Å². The Labute approximate surface area is 347 Å². The lowest BCUT2D eigenvalue weighted by molar-refractivity contribution is 0.550. The molecule has 59 heavy (non-hydrogen) atoms. The average molecular weight is 756 g/mol. The van der Waals surface area contributed by atoms with E-state index >= 15 is 0 Å². The van der Waals surface area contributed by atoms with Crippen LogP contribution in [0.4, 0.5) is 17.1 Å². The predicted molar refractivity (Wildman–Crippen MR) is 249 cm³/mol. The largest absolute Gasteiger partial charge is 0.310 e. The first-order chi connectivity index (χ1) is 29.0. The molecule has 0 saturated heterocycles. The molecule has 3 aliphatic carbocycles. The normalized spacial score (nSPS) is 15.3. The van der Waals surface area contributed by atoms with Gasteiger partial charge >= 0.3 is 0 Å². The van der Waals surface area contributed by atoms with E-state index < -0.39 is 0 Å². The van der Waals surface area contributed by atoms with Crippen LogP contribution in [0, 0.1) is 0 Å². The van der Waals surface area contributed by atoms with Crippen LogP contribution in [-0.4, -0.2) is 0 Å². The fourth-order valence-corrected chi connectivity index (χ4v) is 11.6. The van der Waals surface area contributed by atoms with Crippen molar-refractivity contribution in [3.05, 3.63) is 210 Å². The van der Waals surface area contributed by atoms with E-state index in [4.69, 9.17) is 0 Å². The highest BCUT2D eigenvalue weighted by Gasteiger charge is 2.45. The number of nitrogens with zero attached hydrogens (tertiary/aromatic N) is 1. The van der Waals surface area contributed by atoms with Gasteiger partial charge in [0.15, 0.2) is 0 Å². The van der Waals surface area contributed by atoms with Crippen molar-refractivity contribution in [1.29, 1.82) is 0 Å². The molecular weight excluding hydrogens is 711 g/mol. The van der Waals surface area contributed by atoms with E-state index in [9.17, 15) is 0 Å². The lowest BCUT2D eigenvalue weighted by atomic mass is 9.76. The van der Waals surface area contributed by atoms with Crippen LogP contribution in [0.15, 0.2) is 188 Å². The van der Waals surface area contributed by atoms with Crippen molar-refractivity contribution in [2.45, 2.75) is 50.4 Å². The van der Waals surface area contributed by atoms with Crippen LogP contribution in [0.3, 0.4) is 0 Å². The van der Waals surface area contributed by atoms with Gasteiger partial charge in [0.25, 0.3) is 0 Å². The summed E-state index contributed by atoms with van der Waals surface area (Å²) in [5.74, 6) is 0. The Morgan fingerprint density at radius 2 is 0.966 bits per heavy atom. The van der Waals surface area contributed by atoms with Gasteiger partial charge < -0.3 is 4.90 Å². The van der Waals surface area contributed by atoms with E-state index in [-0.39, 0.29) is 10.8 Å². The Kier molecular flexibility index (Phi) is 7.51. The molecule has 9 aromatic carbocycles. The zero-order valence-corrected chi connectivity index (χ0v) is 33.7. The standard InChI is InChI=1S/C58H45N/c1-57(2)52-24-9-7-20-47(52)51-23-13-22-50(56(51)57)45-18-6-5-17-43(45)39-27-30-40(31-28-39)59(55-26-14-21-44-42-16-4-3-15-38(42)29-33-49(44)55)41-32-34-48-46-19-8-10-25-53(46)58(54(48)37-41)35-11-12-36-58/h3-10,13-34,37H,11-12,35-36H2,1-2H3. The molecule has 282 valence electrons. The van der Waals surface area contributed by atoms with Crippen molar-refractivity contribution >= 4 is 38.6 Å². The number of fused-ring (bicyclic) bond motifs is 11. The first kappa shape index (κ1) is 34.4. The smallest absolute Gasteiger partial charge is 0.0540 e. The second-order valence-electron chi connectivity index (χ2n) is 17.6. The number of hydrogen-bond acceptors (Lipinski definition) is 1. The van der Waals surface area contributed by atoms with Gasteiger partial charge in [0, 0.05) is 27.6 Å². The Balaban J connectivity index is 1.02. The summed E-state index contributed by atoms with van der Waals surface area (Å²) in [5.41, 5.74) is 20.0. The van der Waals surface area contributed by atoms with Crippen molar-refractivity contribution < 1.29 is 0 Å². The second-order valence-corrected chi connectivity index (χ2v) is 17.6. The van der Waals surface area contributed by atoms with E-state index in [1.807, 2.05) is 0 Å². The number of benzene rings is 9. The highest BCUT2D eigenvalue weighted by Crippen LogP contribution is 2.58. The topological polar surface area (TPSA) is 3.24 Å². The van der Waals surface area contributed by atoms with E-state index in [0.29, 0.717) is 0 Å². The molecule has 9 aromatic rings. The van der Waals surface area contributed by atoms with Crippen LogP contribution in [0.2, 0.25) is 0 Å². The minimum Gasteiger partial charge on any atom is -0.310 e. The summed E-state index contributed by atoms with van der Waals surface area (Å²) in [6, 6.07) is 70.9. The molecule has 0 bridgehead atoms. The molecule has 1 fully saturated rings. The third kappa shape index (κ3) is 4.98. The maximum Gasteiger partial charge on any atom is 0.0540 e. The highest BCUT2D eigenvalue weighted by atomic mass is 15.1. The molecule has 0 N–H and O–H groups in total. The maximum atomic E-state index is 2.54. The Bertz CT molecular complexity index is 3140. The van der Waals surface area contributed by atoms with Crippen LogP contribution in [0.25, 0.3) is 66.1 Å². The molecule has 1 spiro atoms. The monoisotopic (exact) mass is 755 g/mol. The molecule has 0 amide bonds. The zero-order valence-electron chi connectivity index (χ0n) is 33.7. The first-order valence-electron chi connectivity index (χ1n) is 21.4. The molecule has 1 heteroatoms. The zero-order chi connectivity index (χ0) is 39.3.